The van der Waals surface area contributed by atoms with Crippen molar-refractivity contribution in [2.45, 2.75) is 53.5 Å². The van der Waals surface area contributed by atoms with Gasteiger partial charge in [-0.15, -0.1) is 0 Å². The number of aromatic nitrogens is 3. The zero-order chi connectivity index (χ0) is 20.8. The molecule has 1 aliphatic rings. The topological polar surface area (TPSA) is 63.1 Å². The van der Waals surface area contributed by atoms with E-state index in [2.05, 4.69) is 41.4 Å². The van der Waals surface area contributed by atoms with E-state index in [1.54, 1.807) is 11.3 Å². The number of carbonyl (C=O) groups excluding carboxylic acids is 1. The monoisotopic (exact) mass is 411 g/mol. The first-order chi connectivity index (χ1) is 13.7. The van der Waals surface area contributed by atoms with Gasteiger partial charge in [0.1, 0.15) is 0 Å². The second-order valence-corrected chi connectivity index (χ2v) is 9.95. The highest BCUT2D eigenvalue weighted by molar-refractivity contribution is 7.22. The lowest BCUT2D eigenvalue weighted by Gasteiger charge is -2.33. The van der Waals surface area contributed by atoms with E-state index in [1.807, 2.05) is 32.4 Å². The maximum absolute atomic E-state index is 12.3. The Bertz CT molecular complexity index is 1040. The van der Waals surface area contributed by atoms with Crippen LogP contribution in [0.2, 0.25) is 0 Å². The van der Waals surface area contributed by atoms with Gasteiger partial charge in [-0.3, -0.25) is 4.79 Å². The fourth-order valence-corrected chi connectivity index (χ4v) is 4.65. The standard InChI is InChI=1S/C22H29N5OS/c1-14-7-6-8-17(13-14)27-19-18(15(2)25-27)29-21(24-19)26-11-9-16(10-12-26)23-20(28)22(3,4)5/h6-8,13,16H,9-12H2,1-5H3,(H,23,28). The summed E-state index contributed by atoms with van der Waals surface area (Å²) in [6, 6.07) is 8.59. The van der Waals surface area contributed by atoms with Gasteiger partial charge in [0.25, 0.3) is 0 Å². The van der Waals surface area contributed by atoms with Gasteiger partial charge in [-0.2, -0.15) is 10.1 Å². The van der Waals surface area contributed by atoms with E-state index >= 15 is 0 Å². The van der Waals surface area contributed by atoms with Crippen LogP contribution in [0.3, 0.4) is 0 Å². The zero-order valence-corrected chi connectivity index (χ0v) is 18.6. The molecule has 0 atom stereocenters. The maximum Gasteiger partial charge on any atom is 0.225 e. The number of nitrogens with one attached hydrogen (secondary N) is 1. The highest BCUT2D eigenvalue weighted by Gasteiger charge is 2.28. The molecule has 1 aromatic carbocycles. The lowest BCUT2D eigenvalue weighted by molar-refractivity contribution is -0.129. The third kappa shape index (κ3) is 4.01. The first kappa shape index (κ1) is 19.9. The minimum Gasteiger partial charge on any atom is -0.353 e. The number of hydrogen-bond acceptors (Lipinski definition) is 5. The number of aryl methyl sites for hydroxylation is 2. The largest absolute Gasteiger partial charge is 0.353 e. The molecule has 1 fully saturated rings. The number of hydrogen-bond donors (Lipinski definition) is 1. The Hall–Kier alpha value is -2.41. The van der Waals surface area contributed by atoms with Crippen LogP contribution in [0.4, 0.5) is 5.13 Å². The van der Waals surface area contributed by atoms with Crippen molar-refractivity contribution in [3.8, 4) is 5.69 Å². The number of amides is 1. The average Bonchev–Trinajstić information content (AvgIpc) is 3.22. The van der Waals surface area contributed by atoms with Gasteiger partial charge >= 0.3 is 0 Å². The third-order valence-electron chi connectivity index (χ3n) is 5.41. The van der Waals surface area contributed by atoms with Crippen molar-refractivity contribution in [1.82, 2.24) is 20.1 Å². The van der Waals surface area contributed by atoms with Gasteiger partial charge in [0.2, 0.25) is 5.91 Å². The van der Waals surface area contributed by atoms with Gasteiger partial charge in [-0.25, -0.2) is 4.68 Å². The van der Waals surface area contributed by atoms with E-state index in [9.17, 15) is 4.79 Å². The number of thiazole rings is 1. The molecule has 0 radical (unpaired) electrons. The van der Waals surface area contributed by atoms with Crippen LogP contribution in [0.15, 0.2) is 24.3 Å². The molecule has 1 amide bonds. The van der Waals surface area contributed by atoms with E-state index < -0.39 is 0 Å². The summed E-state index contributed by atoms with van der Waals surface area (Å²) in [6.07, 6.45) is 1.89. The van der Waals surface area contributed by atoms with Crippen LogP contribution in [0.1, 0.15) is 44.9 Å². The zero-order valence-electron chi connectivity index (χ0n) is 17.8. The van der Waals surface area contributed by atoms with E-state index in [4.69, 9.17) is 10.1 Å². The van der Waals surface area contributed by atoms with E-state index in [0.29, 0.717) is 0 Å². The van der Waals surface area contributed by atoms with Gasteiger partial charge in [0.15, 0.2) is 10.8 Å². The van der Waals surface area contributed by atoms with Crippen molar-refractivity contribution >= 4 is 32.7 Å². The van der Waals surface area contributed by atoms with Crippen LogP contribution in [0, 0.1) is 19.3 Å². The normalized spacial score (nSPS) is 15.8. The van der Waals surface area contributed by atoms with Crippen LogP contribution in [-0.4, -0.2) is 39.8 Å². The van der Waals surface area contributed by atoms with Gasteiger partial charge in [-0.05, 0) is 44.4 Å². The fraction of sp³-hybridized carbons (Fsp3) is 0.500. The van der Waals surface area contributed by atoms with Crippen LogP contribution in [-0.2, 0) is 4.79 Å². The number of nitrogens with zero attached hydrogens (tertiary/aromatic N) is 4. The summed E-state index contributed by atoms with van der Waals surface area (Å²) in [5.41, 5.74) is 3.85. The minimum absolute atomic E-state index is 0.129. The molecule has 4 rings (SSSR count). The molecule has 3 aromatic rings. The molecule has 1 N–H and O–H groups in total. The lowest BCUT2D eigenvalue weighted by atomic mass is 9.94. The highest BCUT2D eigenvalue weighted by Crippen LogP contribution is 2.34. The Morgan fingerprint density at radius 3 is 2.59 bits per heavy atom. The van der Waals surface area contributed by atoms with Gasteiger partial charge in [0, 0.05) is 24.5 Å². The Kier molecular flexibility index (Phi) is 5.11. The minimum atomic E-state index is -0.344. The number of fused-ring (bicyclic) bond motifs is 1. The summed E-state index contributed by atoms with van der Waals surface area (Å²) < 4.78 is 3.10. The lowest BCUT2D eigenvalue weighted by Crippen LogP contribution is -2.47. The molecule has 0 unspecified atom stereocenters. The number of carbonyl (C=O) groups is 1. The molecule has 0 spiro atoms. The molecule has 0 aliphatic carbocycles. The van der Waals surface area contributed by atoms with E-state index in [0.717, 1.165) is 52.8 Å². The summed E-state index contributed by atoms with van der Waals surface area (Å²) in [6.45, 7) is 11.8. The molecular weight excluding hydrogens is 382 g/mol. The van der Waals surface area contributed by atoms with Crippen molar-refractivity contribution < 1.29 is 4.79 Å². The molecule has 29 heavy (non-hydrogen) atoms. The molecule has 6 nitrogen and oxygen atoms in total. The Labute approximate surface area is 175 Å². The number of benzene rings is 1. The SMILES string of the molecule is Cc1cccc(-n2nc(C)c3sc(N4CCC(NC(=O)C(C)(C)C)CC4)nc32)c1. The first-order valence-electron chi connectivity index (χ1n) is 10.2. The molecule has 1 aliphatic heterocycles. The molecule has 0 saturated carbocycles. The summed E-state index contributed by atoms with van der Waals surface area (Å²) in [4.78, 5) is 19.5. The van der Waals surface area contributed by atoms with E-state index in [-0.39, 0.29) is 17.4 Å². The quantitative estimate of drug-likeness (QED) is 0.701. The predicted octanol–water partition coefficient (Wildman–Crippen LogP) is 4.23. The second-order valence-electron chi connectivity index (χ2n) is 8.97. The van der Waals surface area contributed by atoms with Gasteiger partial charge in [-0.1, -0.05) is 44.2 Å². The summed E-state index contributed by atoms with van der Waals surface area (Å²) in [5.74, 6) is 0.129. The van der Waals surface area contributed by atoms with Gasteiger partial charge < -0.3 is 10.2 Å². The Morgan fingerprint density at radius 2 is 1.93 bits per heavy atom. The predicted molar refractivity (Wildman–Crippen MR) is 119 cm³/mol. The molecule has 0 bridgehead atoms. The Balaban J connectivity index is 1.51. The number of piperidine rings is 1. The number of anilines is 1. The van der Waals surface area contributed by atoms with Crippen LogP contribution >= 0.6 is 11.3 Å². The summed E-state index contributed by atoms with van der Waals surface area (Å²) in [5, 5.41) is 8.96. The number of rotatable bonds is 3. The Morgan fingerprint density at radius 1 is 1.21 bits per heavy atom. The first-order valence-corrected chi connectivity index (χ1v) is 11.0. The molecule has 7 heteroatoms. The van der Waals surface area contributed by atoms with Crippen molar-refractivity contribution in [3.63, 3.8) is 0 Å². The smallest absolute Gasteiger partial charge is 0.225 e. The van der Waals surface area contributed by atoms with Crippen molar-refractivity contribution in [3.05, 3.63) is 35.5 Å². The molecular formula is C22H29N5OS. The summed E-state index contributed by atoms with van der Waals surface area (Å²) >= 11 is 1.71. The molecule has 154 valence electrons. The van der Waals surface area contributed by atoms with E-state index in [1.165, 1.54) is 5.56 Å². The van der Waals surface area contributed by atoms with Crippen molar-refractivity contribution in [2.75, 3.05) is 18.0 Å². The third-order valence-corrected chi connectivity index (χ3v) is 6.62. The van der Waals surface area contributed by atoms with Gasteiger partial charge in [0.05, 0.1) is 16.1 Å². The highest BCUT2D eigenvalue weighted by atomic mass is 32.1. The second kappa shape index (κ2) is 7.44. The maximum atomic E-state index is 12.3. The average molecular weight is 412 g/mol. The molecule has 1 saturated heterocycles. The fourth-order valence-electron chi connectivity index (χ4n) is 3.62. The molecule has 2 aromatic heterocycles. The van der Waals surface area contributed by atoms with Crippen LogP contribution in [0.5, 0.6) is 0 Å². The van der Waals surface area contributed by atoms with Crippen molar-refractivity contribution in [2.24, 2.45) is 5.41 Å². The van der Waals surface area contributed by atoms with Crippen molar-refractivity contribution in [1.29, 1.82) is 0 Å². The van der Waals surface area contributed by atoms with Crippen LogP contribution in [0.25, 0.3) is 16.0 Å². The summed E-state index contributed by atoms with van der Waals surface area (Å²) in [7, 11) is 0. The molecule has 3 heterocycles. The van der Waals surface area contributed by atoms with Crippen LogP contribution < -0.4 is 10.2 Å².